The van der Waals surface area contributed by atoms with Crippen molar-refractivity contribution in [2.45, 2.75) is 71.8 Å². The molecule has 184 valence electrons. The van der Waals surface area contributed by atoms with Gasteiger partial charge in [0.2, 0.25) is 5.91 Å². The number of carbonyl (C=O) groups excluding carboxylic acids is 3. The Morgan fingerprint density at radius 1 is 0.765 bits per heavy atom. The maximum atomic E-state index is 11.8. The Labute approximate surface area is 203 Å². The lowest BCUT2D eigenvalue weighted by molar-refractivity contribution is -0.150. The second-order valence-electron chi connectivity index (χ2n) is 9.03. The summed E-state index contributed by atoms with van der Waals surface area (Å²) < 4.78 is 10.4. The fourth-order valence-corrected chi connectivity index (χ4v) is 3.96. The van der Waals surface area contributed by atoms with Gasteiger partial charge in [-0.2, -0.15) is 0 Å². The minimum Gasteiger partial charge on any atom is -0.463 e. The molecule has 2 rings (SSSR count). The predicted octanol–water partition coefficient (Wildman–Crippen LogP) is 4.49. The van der Waals surface area contributed by atoms with Crippen LogP contribution in [0.4, 0.5) is 0 Å². The lowest BCUT2D eigenvalue weighted by Gasteiger charge is -2.33. The minimum absolute atomic E-state index is 0.0613. The highest BCUT2D eigenvalue weighted by molar-refractivity contribution is 5.74. The van der Waals surface area contributed by atoms with Crippen LogP contribution in [0.3, 0.4) is 0 Å². The summed E-state index contributed by atoms with van der Waals surface area (Å²) in [5.41, 5.74) is 4.11. The maximum absolute atomic E-state index is 11.8. The zero-order chi connectivity index (χ0) is 25.0. The summed E-state index contributed by atoms with van der Waals surface area (Å²) in [6, 6.07) is 17.1. The van der Waals surface area contributed by atoms with Crippen molar-refractivity contribution in [3.8, 4) is 0 Å². The van der Waals surface area contributed by atoms with E-state index in [-0.39, 0.29) is 19.1 Å². The first-order chi connectivity index (χ1) is 16.2. The number of esters is 2. The third-order valence-electron chi connectivity index (χ3n) is 5.72. The summed E-state index contributed by atoms with van der Waals surface area (Å²) in [5, 5.41) is 2.84. The first-order valence-electron chi connectivity index (χ1n) is 11.9. The van der Waals surface area contributed by atoms with Crippen LogP contribution in [0, 0.1) is 6.92 Å². The molecule has 0 heterocycles. The van der Waals surface area contributed by atoms with Crippen LogP contribution >= 0.6 is 0 Å². The molecule has 34 heavy (non-hydrogen) atoms. The molecule has 0 bridgehead atoms. The van der Waals surface area contributed by atoms with Crippen molar-refractivity contribution in [3.05, 3.63) is 70.8 Å². The third kappa shape index (κ3) is 10.2. The van der Waals surface area contributed by atoms with E-state index in [0.717, 1.165) is 31.2 Å². The molecule has 2 aromatic rings. The van der Waals surface area contributed by atoms with Crippen LogP contribution in [0.25, 0.3) is 0 Å². The van der Waals surface area contributed by atoms with E-state index in [4.69, 9.17) is 9.47 Å². The fourth-order valence-electron chi connectivity index (χ4n) is 3.96. The van der Waals surface area contributed by atoms with Crippen LogP contribution in [0.5, 0.6) is 0 Å². The molecule has 0 radical (unpaired) electrons. The lowest BCUT2D eigenvalue weighted by atomic mass is 9.91. The molecular weight excluding hydrogens is 430 g/mol. The van der Waals surface area contributed by atoms with Crippen molar-refractivity contribution in [3.63, 3.8) is 0 Å². The number of hydrogen-bond acceptors (Lipinski definition) is 5. The molecule has 0 aliphatic carbocycles. The Hall–Kier alpha value is -3.15. The van der Waals surface area contributed by atoms with Crippen LogP contribution in [-0.4, -0.2) is 36.6 Å². The molecule has 0 unspecified atom stereocenters. The lowest BCUT2D eigenvalue weighted by Crippen LogP contribution is -2.55. The summed E-state index contributed by atoms with van der Waals surface area (Å²) in [6.45, 7) is 6.01. The van der Waals surface area contributed by atoms with Crippen LogP contribution in [0.15, 0.2) is 48.5 Å². The second kappa shape index (κ2) is 13.5. The SMILES string of the molecule is CC(=O)NC(CCc1ccc(CCCCc2cccc(C)c2)cc1)(COC(C)=O)COC(C)=O. The van der Waals surface area contributed by atoms with Crippen molar-refractivity contribution >= 4 is 17.8 Å². The van der Waals surface area contributed by atoms with E-state index in [1.807, 2.05) is 0 Å². The summed E-state index contributed by atoms with van der Waals surface area (Å²) in [7, 11) is 0. The Balaban J connectivity index is 1.92. The highest BCUT2D eigenvalue weighted by Crippen LogP contribution is 2.19. The van der Waals surface area contributed by atoms with Gasteiger partial charge in [-0.05, 0) is 62.1 Å². The smallest absolute Gasteiger partial charge is 0.302 e. The number of ether oxygens (including phenoxy) is 2. The van der Waals surface area contributed by atoms with E-state index in [2.05, 4.69) is 60.8 Å². The van der Waals surface area contributed by atoms with Crippen molar-refractivity contribution in [2.24, 2.45) is 0 Å². The third-order valence-corrected chi connectivity index (χ3v) is 5.72. The molecule has 0 saturated carbocycles. The molecule has 6 nitrogen and oxygen atoms in total. The van der Waals surface area contributed by atoms with Gasteiger partial charge in [-0.1, -0.05) is 54.1 Å². The summed E-state index contributed by atoms with van der Waals surface area (Å²) in [5.74, 6) is -1.19. The molecule has 0 atom stereocenters. The van der Waals surface area contributed by atoms with Crippen molar-refractivity contribution in [2.75, 3.05) is 13.2 Å². The van der Waals surface area contributed by atoms with Crippen molar-refractivity contribution in [1.82, 2.24) is 5.32 Å². The Morgan fingerprint density at radius 3 is 1.79 bits per heavy atom. The quantitative estimate of drug-likeness (QED) is 0.347. The maximum Gasteiger partial charge on any atom is 0.302 e. The molecule has 2 aromatic carbocycles. The number of rotatable bonds is 13. The molecule has 0 aliphatic rings. The van der Waals surface area contributed by atoms with Gasteiger partial charge in [0.05, 0.1) is 0 Å². The molecular formula is C28H37NO5. The number of aryl methyl sites for hydroxylation is 4. The van der Waals surface area contributed by atoms with Gasteiger partial charge in [0.25, 0.3) is 0 Å². The van der Waals surface area contributed by atoms with E-state index in [1.165, 1.54) is 37.5 Å². The summed E-state index contributed by atoms with van der Waals surface area (Å²) in [6.07, 6.45) is 5.50. The van der Waals surface area contributed by atoms with Crippen molar-refractivity contribution in [1.29, 1.82) is 0 Å². The van der Waals surface area contributed by atoms with Crippen LogP contribution in [0.2, 0.25) is 0 Å². The number of amides is 1. The standard InChI is InChI=1S/C28H37NO5/c1-21-8-7-11-27(18-21)10-6-5-9-25-12-14-26(15-13-25)16-17-28(29-22(2)30,19-33-23(3)31)20-34-24(4)32/h7-8,11-15,18H,5-6,9-10,16-17,19-20H2,1-4H3,(H,29,30). The zero-order valence-corrected chi connectivity index (χ0v) is 20.8. The minimum atomic E-state index is -0.975. The summed E-state index contributed by atoms with van der Waals surface area (Å²) >= 11 is 0. The monoisotopic (exact) mass is 467 g/mol. The van der Waals surface area contributed by atoms with Crippen LogP contribution < -0.4 is 5.32 Å². The average molecular weight is 468 g/mol. The van der Waals surface area contributed by atoms with Crippen LogP contribution in [-0.2, 0) is 43.1 Å². The number of unbranched alkanes of at least 4 members (excludes halogenated alkanes) is 1. The second-order valence-corrected chi connectivity index (χ2v) is 9.03. The average Bonchev–Trinajstić information content (AvgIpc) is 2.78. The van der Waals surface area contributed by atoms with Gasteiger partial charge in [-0.25, -0.2) is 0 Å². The van der Waals surface area contributed by atoms with Crippen LogP contribution in [0.1, 0.15) is 62.3 Å². The largest absolute Gasteiger partial charge is 0.463 e. The Kier molecular flexibility index (Phi) is 10.8. The topological polar surface area (TPSA) is 81.7 Å². The van der Waals surface area contributed by atoms with Gasteiger partial charge < -0.3 is 14.8 Å². The number of hydrogen-bond donors (Lipinski definition) is 1. The Bertz CT molecular complexity index is 934. The van der Waals surface area contributed by atoms with Gasteiger partial charge in [0, 0.05) is 20.8 Å². The predicted molar refractivity (Wildman–Crippen MR) is 132 cm³/mol. The highest BCUT2D eigenvalue weighted by Gasteiger charge is 2.34. The molecule has 0 spiro atoms. The first kappa shape index (κ1) is 27.1. The van der Waals surface area contributed by atoms with Gasteiger partial charge in [0.1, 0.15) is 18.8 Å². The molecule has 0 saturated heterocycles. The van der Waals surface area contributed by atoms with Gasteiger partial charge >= 0.3 is 11.9 Å². The van der Waals surface area contributed by atoms with Gasteiger partial charge in [-0.15, -0.1) is 0 Å². The first-order valence-corrected chi connectivity index (χ1v) is 11.9. The number of carbonyl (C=O) groups is 3. The number of benzene rings is 2. The normalized spacial score (nSPS) is 11.1. The Morgan fingerprint density at radius 2 is 1.29 bits per heavy atom. The van der Waals surface area contributed by atoms with E-state index in [9.17, 15) is 14.4 Å². The van der Waals surface area contributed by atoms with Crippen molar-refractivity contribution < 1.29 is 23.9 Å². The van der Waals surface area contributed by atoms with E-state index < -0.39 is 17.5 Å². The zero-order valence-electron chi connectivity index (χ0n) is 20.8. The highest BCUT2D eigenvalue weighted by atomic mass is 16.5. The molecule has 6 heteroatoms. The van der Waals surface area contributed by atoms with E-state index in [0.29, 0.717) is 12.8 Å². The van der Waals surface area contributed by atoms with E-state index in [1.54, 1.807) is 0 Å². The molecule has 0 aliphatic heterocycles. The number of nitrogens with one attached hydrogen (secondary N) is 1. The summed E-state index contributed by atoms with van der Waals surface area (Å²) in [4.78, 5) is 34.6. The molecule has 0 aromatic heterocycles. The molecule has 1 N–H and O–H groups in total. The molecule has 1 amide bonds. The van der Waals surface area contributed by atoms with Gasteiger partial charge in [0.15, 0.2) is 0 Å². The van der Waals surface area contributed by atoms with Gasteiger partial charge in [-0.3, -0.25) is 14.4 Å². The fraction of sp³-hybridized carbons (Fsp3) is 0.464. The molecule has 0 fully saturated rings. The van der Waals surface area contributed by atoms with E-state index >= 15 is 0 Å².